The molecule has 1 rings (SSSR count). The Hall–Kier alpha value is -0.570. The summed E-state index contributed by atoms with van der Waals surface area (Å²) in [5.41, 5.74) is 0. The third kappa shape index (κ3) is 4.97. The number of nitrogens with one attached hydrogen (secondary N) is 2. The summed E-state index contributed by atoms with van der Waals surface area (Å²) in [5, 5.41) is 6.43. The van der Waals surface area contributed by atoms with Gasteiger partial charge in [-0.3, -0.25) is 4.79 Å². The highest BCUT2D eigenvalue weighted by atomic mass is 16.1. The Kier molecular flexibility index (Phi) is 5.81. The van der Waals surface area contributed by atoms with Crippen LogP contribution in [0.25, 0.3) is 0 Å². The van der Waals surface area contributed by atoms with E-state index >= 15 is 0 Å². The molecule has 1 fully saturated rings. The Morgan fingerprint density at radius 3 is 2.69 bits per heavy atom. The summed E-state index contributed by atoms with van der Waals surface area (Å²) in [6.07, 6.45) is 4.30. The smallest absolute Gasteiger partial charge is 0.221 e. The van der Waals surface area contributed by atoms with E-state index in [-0.39, 0.29) is 5.91 Å². The molecule has 0 radical (unpaired) electrons. The topological polar surface area (TPSA) is 41.1 Å². The molecule has 2 atom stereocenters. The second-order valence-electron chi connectivity index (χ2n) is 5.38. The molecule has 1 heterocycles. The molecule has 1 aliphatic rings. The predicted molar refractivity (Wildman–Crippen MR) is 67.3 cm³/mol. The molecule has 0 saturated carbocycles. The molecule has 1 amide bonds. The SMILES string of the molecule is CC(C)C(C)CNC(=O)CC1CCCCN1. The molecular formula is C13H26N2O. The molecule has 2 unspecified atom stereocenters. The second kappa shape index (κ2) is 6.89. The maximum Gasteiger partial charge on any atom is 0.221 e. The molecule has 3 heteroatoms. The Labute approximate surface area is 99.4 Å². The van der Waals surface area contributed by atoms with Crippen molar-refractivity contribution in [3.8, 4) is 0 Å². The van der Waals surface area contributed by atoms with Gasteiger partial charge in [0, 0.05) is 19.0 Å². The first-order valence-electron chi connectivity index (χ1n) is 6.59. The maximum absolute atomic E-state index is 11.7. The van der Waals surface area contributed by atoms with E-state index in [4.69, 9.17) is 0 Å². The van der Waals surface area contributed by atoms with E-state index < -0.39 is 0 Å². The van der Waals surface area contributed by atoms with E-state index in [0.29, 0.717) is 24.3 Å². The lowest BCUT2D eigenvalue weighted by Gasteiger charge is -2.23. The van der Waals surface area contributed by atoms with Crippen molar-refractivity contribution in [2.45, 2.75) is 52.5 Å². The van der Waals surface area contributed by atoms with Gasteiger partial charge in [0.15, 0.2) is 0 Å². The Morgan fingerprint density at radius 2 is 2.12 bits per heavy atom. The van der Waals surface area contributed by atoms with E-state index in [1.165, 1.54) is 12.8 Å². The fourth-order valence-electron chi connectivity index (χ4n) is 1.90. The van der Waals surface area contributed by atoms with Crippen LogP contribution in [0.4, 0.5) is 0 Å². The van der Waals surface area contributed by atoms with Gasteiger partial charge < -0.3 is 10.6 Å². The molecule has 0 bridgehead atoms. The predicted octanol–water partition coefficient (Wildman–Crippen LogP) is 1.93. The average molecular weight is 226 g/mol. The lowest BCUT2D eigenvalue weighted by atomic mass is 9.98. The first kappa shape index (κ1) is 13.5. The summed E-state index contributed by atoms with van der Waals surface area (Å²) in [6, 6.07) is 0.406. The minimum atomic E-state index is 0.201. The van der Waals surface area contributed by atoms with Crippen LogP contribution in [0, 0.1) is 11.8 Å². The quantitative estimate of drug-likeness (QED) is 0.752. The minimum absolute atomic E-state index is 0.201. The van der Waals surface area contributed by atoms with Gasteiger partial charge in [0.1, 0.15) is 0 Å². The zero-order valence-corrected chi connectivity index (χ0v) is 10.9. The van der Waals surface area contributed by atoms with Crippen LogP contribution < -0.4 is 10.6 Å². The summed E-state index contributed by atoms with van der Waals surface area (Å²) in [6.45, 7) is 8.45. The van der Waals surface area contributed by atoms with E-state index in [1.54, 1.807) is 0 Å². The van der Waals surface area contributed by atoms with Crippen LogP contribution in [0.15, 0.2) is 0 Å². The van der Waals surface area contributed by atoms with Crippen molar-refractivity contribution in [1.29, 1.82) is 0 Å². The number of carbonyl (C=O) groups excluding carboxylic acids is 1. The molecule has 0 aromatic heterocycles. The van der Waals surface area contributed by atoms with Crippen LogP contribution in [0.2, 0.25) is 0 Å². The third-order valence-corrected chi connectivity index (χ3v) is 3.60. The highest BCUT2D eigenvalue weighted by Gasteiger charge is 2.16. The molecule has 3 nitrogen and oxygen atoms in total. The lowest BCUT2D eigenvalue weighted by molar-refractivity contribution is -0.121. The molecule has 1 saturated heterocycles. The van der Waals surface area contributed by atoms with Gasteiger partial charge in [0.2, 0.25) is 5.91 Å². The molecule has 2 N–H and O–H groups in total. The van der Waals surface area contributed by atoms with Crippen LogP contribution >= 0.6 is 0 Å². The van der Waals surface area contributed by atoms with Gasteiger partial charge in [-0.05, 0) is 31.2 Å². The number of piperidine rings is 1. The van der Waals surface area contributed by atoms with Crippen molar-refractivity contribution >= 4 is 5.91 Å². The van der Waals surface area contributed by atoms with Crippen molar-refractivity contribution < 1.29 is 4.79 Å². The summed E-state index contributed by atoms with van der Waals surface area (Å²) in [7, 11) is 0. The molecule has 0 aromatic rings. The van der Waals surface area contributed by atoms with Gasteiger partial charge in [0.05, 0.1) is 0 Å². The number of hydrogen-bond donors (Lipinski definition) is 2. The van der Waals surface area contributed by atoms with Crippen molar-refractivity contribution in [3.63, 3.8) is 0 Å². The normalized spacial score (nSPS) is 23.1. The monoisotopic (exact) mass is 226 g/mol. The van der Waals surface area contributed by atoms with Crippen LogP contribution in [0.3, 0.4) is 0 Å². The molecule has 0 aromatic carbocycles. The fourth-order valence-corrected chi connectivity index (χ4v) is 1.90. The van der Waals surface area contributed by atoms with Crippen LogP contribution in [0.5, 0.6) is 0 Å². The molecular weight excluding hydrogens is 200 g/mol. The molecule has 0 spiro atoms. The van der Waals surface area contributed by atoms with E-state index in [0.717, 1.165) is 19.5 Å². The van der Waals surface area contributed by atoms with Gasteiger partial charge in [-0.25, -0.2) is 0 Å². The summed E-state index contributed by atoms with van der Waals surface area (Å²) >= 11 is 0. The standard InChI is InChI=1S/C13H26N2O/c1-10(2)11(3)9-15-13(16)8-12-6-4-5-7-14-12/h10-12,14H,4-9H2,1-3H3,(H,15,16). The largest absolute Gasteiger partial charge is 0.356 e. The average Bonchev–Trinajstić information content (AvgIpc) is 2.27. The number of hydrogen-bond acceptors (Lipinski definition) is 2. The Morgan fingerprint density at radius 1 is 1.38 bits per heavy atom. The summed E-state index contributed by atoms with van der Waals surface area (Å²) in [5.74, 6) is 1.39. The number of carbonyl (C=O) groups is 1. The van der Waals surface area contributed by atoms with E-state index in [2.05, 4.69) is 31.4 Å². The second-order valence-corrected chi connectivity index (χ2v) is 5.38. The fraction of sp³-hybridized carbons (Fsp3) is 0.923. The van der Waals surface area contributed by atoms with Gasteiger partial charge in [0.25, 0.3) is 0 Å². The van der Waals surface area contributed by atoms with Gasteiger partial charge in [-0.1, -0.05) is 27.2 Å². The van der Waals surface area contributed by atoms with Gasteiger partial charge in [-0.2, -0.15) is 0 Å². The lowest BCUT2D eigenvalue weighted by Crippen LogP contribution is -2.39. The zero-order chi connectivity index (χ0) is 12.0. The maximum atomic E-state index is 11.7. The van der Waals surface area contributed by atoms with Gasteiger partial charge >= 0.3 is 0 Å². The van der Waals surface area contributed by atoms with Crippen molar-refractivity contribution in [3.05, 3.63) is 0 Å². The molecule has 94 valence electrons. The van der Waals surface area contributed by atoms with Crippen molar-refractivity contribution in [1.82, 2.24) is 10.6 Å². The minimum Gasteiger partial charge on any atom is -0.356 e. The van der Waals surface area contributed by atoms with Crippen LogP contribution in [0.1, 0.15) is 46.5 Å². The zero-order valence-electron chi connectivity index (χ0n) is 10.9. The molecule has 0 aliphatic carbocycles. The van der Waals surface area contributed by atoms with Crippen LogP contribution in [-0.4, -0.2) is 25.0 Å². The summed E-state index contributed by atoms with van der Waals surface area (Å²) < 4.78 is 0. The first-order chi connectivity index (χ1) is 7.59. The Bertz CT molecular complexity index is 210. The Balaban J connectivity index is 2.14. The van der Waals surface area contributed by atoms with Crippen LogP contribution in [-0.2, 0) is 4.79 Å². The summed E-state index contributed by atoms with van der Waals surface area (Å²) in [4.78, 5) is 11.7. The third-order valence-electron chi connectivity index (χ3n) is 3.60. The number of amides is 1. The van der Waals surface area contributed by atoms with Gasteiger partial charge in [-0.15, -0.1) is 0 Å². The van der Waals surface area contributed by atoms with E-state index in [9.17, 15) is 4.79 Å². The van der Waals surface area contributed by atoms with Crippen molar-refractivity contribution in [2.24, 2.45) is 11.8 Å². The molecule has 1 aliphatic heterocycles. The highest BCUT2D eigenvalue weighted by Crippen LogP contribution is 2.11. The number of rotatable bonds is 5. The first-order valence-corrected chi connectivity index (χ1v) is 6.59. The van der Waals surface area contributed by atoms with Crippen molar-refractivity contribution in [2.75, 3.05) is 13.1 Å². The highest BCUT2D eigenvalue weighted by molar-refractivity contribution is 5.76. The molecule has 16 heavy (non-hydrogen) atoms. The van der Waals surface area contributed by atoms with E-state index in [1.807, 2.05) is 0 Å².